The molecule has 1 aromatic rings. The van der Waals surface area contributed by atoms with Gasteiger partial charge in [-0.05, 0) is 17.4 Å². The van der Waals surface area contributed by atoms with Gasteiger partial charge in [-0.25, -0.2) is 0 Å². The maximum atomic E-state index is 11.3. The van der Waals surface area contributed by atoms with Crippen molar-refractivity contribution in [2.75, 3.05) is 12.9 Å². The lowest BCUT2D eigenvalue weighted by molar-refractivity contribution is -0.155. The summed E-state index contributed by atoms with van der Waals surface area (Å²) >= 11 is 1.65. The Balaban J connectivity index is 2.07. The number of ether oxygens (including phenoxy) is 3. The number of carbonyl (C=O) groups is 1. The minimum absolute atomic E-state index is 0.0405. The first-order valence-electron chi connectivity index (χ1n) is 7.75. The van der Waals surface area contributed by atoms with Gasteiger partial charge in [0, 0.05) is 19.8 Å². The van der Waals surface area contributed by atoms with Crippen LogP contribution >= 0.6 is 11.8 Å². The summed E-state index contributed by atoms with van der Waals surface area (Å²) in [5.41, 5.74) is 2.24. The van der Waals surface area contributed by atoms with Crippen LogP contribution < -0.4 is 0 Å². The van der Waals surface area contributed by atoms with Gasteiger partial charge in [0.2, 0.25) is 0 Å². The Bertz CT molecular complexity index is 532. The molecular formula is C18H24O4S. The maximum Gasteiger partial charge on any atom is 0.302 e. The Kier molecular flexibility index (Phi) is 7.15. The summed E-state index contributed by atoms with van der Waals surface area (Å²) in [4.78, 5) is 11.3. The van der Waals surface area contributed by atoms with E-state index in [-0.39, 0.29) is 23.6 Å². The Morgan fingerprint density at radius 3 is 3.00 bits per heavy atom. The largest absolute Gasteiger partial charge is 0.462 e. The van der Waals surface area contributed by atoms with Crippen molar-refractivity contribution < 1.29 is 19.0 Å². The zero-order valence-corrected chi connectivity index (χ0v) is 14.5. The molecule has 1 fully saturated rings. The fourth-order valence-corrected chi connectivity index (χ4v) is 3.34. The summed E-state index contributed by atoms with van der Waals surface area (Å²) in [7, 11) is 0. The molecule has 1 aliphatic rings. The average Bonchev–Trinajstić information content (AvgIpc) is 2.54. The van der Waals surface area contributed by atoms with Crippen molar-refractivity contribution in [2.24, 2.45) is 0 Å². The van der Waals surface area contributed by atoms with Gasteiger partial charge >= 0.3 is 5.97 Å². The first-order valence-corrected chi connectivity index (χ1v) is 9.04. The number of hydrogen-bond donors (Lipinski definition) is 0. The van der Waals surface area contributed by atoms with Gasteiger partial charge < -0.3 is 14.2 Å². The molecule has 0 unspecified atom stereocenters. The van der Waals surface area contributed by atoms with Crippen molar-refractivity contribution in [3.8, 4) is 0 Å². The second kappa shape index (κ2) is 9.11. The summed E-state index contributed by atoms with van der Waals surface area (Å²) in [6.07, 6.45) is 5.01. The molecule has 0 bridgehead atoms. The smallest absolute Gasteiger partial charge is 0.302 e. The van der Waals surface area contributed by atoms with Crippen molar-refractivity contribution in [3.05, 3.63) is 48.0 Å². The third-order valence-electron chi connectivity index (χ3n) is 3.67. The SMILES string of the molecule is C=CCOCc1cccc([C@H]2C[C@@H](OC(C)=O)C[C@@H](SC)O2)c1. The van der Waals surface area contributed by atoms with E-state index in [2.05, 4.69) is 18.7 Å². The second-order valence-corrected chi connectivity index (χ2v) is 6.54. The van der Waals surface area contributed by atoms with Gasteiger partial charge in [0.15, 0.2) is 0 Å². The second-order valence-electron chi connectivity index (χ2n) is 5.54. The lowest BCUT2D eigenvalue weighted by Crippen LogP contribution is -2.32. The third kappa shape index (κ3) is 5.68. The summed E-state index contributed by atoms with van der Waals surface area (Å²) in [6.45, 7) is 6.18. The number of thioether (sulfide) groups is 1. The van der Waals surface area contributed by atoms with Gasteiger partial charge in [-0.3, -0.25) is 4.79 Å². The number of hydrogen-bond acceptors (Lipinski definition) is 5. The van der Waals surface area contributed by atoms with E-state index in [4.69, 9.17) is 14.2 Å². The zero-order valence-electron chi connectivity index (χ0n) is 13.7. The molecule has 1 heterocycles. The molecule has 1 aromatic carbocycles. The Morgan fingerprint density at radius 1 is 1.48 bits per heavy atom. The van der Waals surface area contributed by atoms with E-state index < -0.39 is 0 Å². The normalized spacial score (nSPS) is 24.2. The molecule has 3 atom stereocenters. The summed E-state index contributed by atoms with van der Waals surface area (Å²) in [5.74, 6) is -0.234. The van der Waals surface area contributed by atoms with Crippen LogP contribution in [0.5, 0.6) is 0 Å². The van der Waals surface area contributed by atoms with Crippen LogP contribution in [0.2, 0.25) is 0 Å². The van der Waals surface area contributed by atoms with E-state index >= 15 is 0 Å². The lowest BCUT2D eigenvalue weighted by Gasteiger charge is -2.34. The standard InChI is InChI=1S/C18H24O4S/c1-4-8-20-12-14-6-5-7-15(9-14)17-10-16(21-13(2)19)11-18(22-17)23-3/h4-7,9,16-18H,1,8,10-12H2,2-3H3/t16-,17-,18-/m1/s1. The van der Waals surface area contributed by atoms with Crippen LogP contribution in [0.1, 0.15) is 37.0 Å². The van der Waals surface area contributed by atoms with Gasteiger partial charge in [-0.1, -0.05) is 30.3 Å². The van der Waals surface area contributed by atoms with Crippen LogP contribution in [0.15, 0.2) is 36.9 Å². The molecule has 126 valence electrons. The third-order valence-corrected chi connectivity index (χ3v) is 4.50. The van der Waals surface area contributed by atoms with Crippen molar-refractivity contribution in [3.63, 3.8) is 0 Å². The predicted molar refractivity (Wildman–Crippen MR) is 92.2 cm³/mol. The molecular weight excluding hydrogens is 312 g/mol. The topological polar surface area (TPSA) is 44.8 Å². The molecule has 0 aliphatic carbocycles. The van der Waals surface area contributed by atoms with E-state index in [9.17, 15) is 4.79 Å². The molecule has 4 nitrogen and oxygen atoms in total. The lowest BCUT2D eigenvalue weighted by atomic mass is 9.98. The van der Waals surface area contributed by atoms with E-state index in [1.165, 1.54) is 6.92 Å². The zero-order chi connectivity index (χ0) is 16.7. The quantitative estimate of drug-likeness (QED) is 0.430. The molecule has 0 saturated carbocycles. The van der Waals surface area contributed by atoms with Gasteiger partial charge in [-0.2, -0.15) is 0 Å². The summed E-state index contributed by atoms with van der Waals surface area (Å²) < 4.78 is 17.0. The molecule has 0 N–H and O–H groups in total. The minimum atomic E-state index is -0.234. The fraction of sp³-hybridized carbons (Fsp3) is 0.500. The molecule has 5 heteroatoms. The van der Waals surface area contributed by atoms with Crippen LogP contribution in [0.3, 0.4) is 0 Å². The first-order chi connectivity index (χ1) is 11.1. The molecule has 0 amide bonds. The molecule has 0 radical (unpaired) electrons. The van der Waals surface area contributed by atoms with E-state index in [0.29, 0.717) is 19.6 Å². The number of esters is 1. The van der Waals surface area contributed by atoms with Gasteiger partial charge in [0.1, 0.15) is 11.5 Å². The van der Waals surface area contributed by atoms with Crippen molar-refractivity contribution in [1.82, 2.24) is 0 Å². The van der Waals surface area contributed by atoms with Crippen LogP contribution in [-0.2, 0) is 25.6 Å². The van der Waals surface area contributed by atoms with E-state index in [0.717, 1.165) is 17.5 Å². The molecule has 0 spiro atoms. The van der Waals surface area contributed by atoms with Gasteiger partial charge in [0.25, 0.3) is 0 Å². The molecule has 0 aromatic heterocycles. The number of benzene rings is 1. The maximum absolute atomic E-state index is 11.3. The van der Waals surface area contributed by atoms with Crippen LogP contribution in [0.4, 0.5) is 0 Å². The minimum Gasteiger partial charge on any atom is -0.462 e. The van der Waals surface area contributed by atoms with Crippen molar-refractivity contribution in [1.29, 1.82) is 0 Å². The van der Waals surface area contributed by atoms with Crippen molar-refractivity contribution >= 4 is 17.7 Å². The summed E-state index contributed by atoms with van der Waals surface area (Å²) in [6, 6.07) is 8.19. The number of carbonyl (C=O) groups excluding carboxylic acids is 1. The highest BCUT2D eigenvalue weighted by molar-refractivity contribution is 7.99. The van der Waals surface area contributed by atoms with Crippen LogP contribution in [-0.4, -0.2) is 30.4 Å². The molecule has 2 rings (SSSR count). The Hall–Kier alpha value is -1.30. The van der Waals surface area contributed by atoms with Crippen LogP contribution in [0.25, 0.3) is 0 Å². The van der Waals surface area contributed by atoms with E-state index in [1.54, 1.807) is 17.8 Å². The van der Waals surface area contributed by atoms with Gasteiger partial charge in [-0.15, -0.1) is 18.3 Å². The highest BCUT2D eigenvalue weighted by Crippen LogP contribution is 2.36. The predicted octanol–water partition coefficient (Wildman–Crippen LogP) is 3.86. The molecule has 1 aliphatic heterocycles. The monoisotopic (exact) mass is 336 g/mol. The van der Waals surface area contributed by atoms with Gasteiger partial charge in [0.05, 0.1) is 19.3 Å². The van der Waals surface area contributed by atoms with Crippen molar-refractivity contribution in [2.45, 2.75) is 44.0 Å². The number of rotatable bonds is 7. The molecule has 23 heavy (non-hydrogen) atoms. The van der Waals surface area contributed by atoms with E-state index in [1.807, 2.05) is 18.4 Å². The first kappa shape index (κ1) is 18.0. The average molecular weight is 336 g/mol. The van der Waals surface area contributed by atoms with Crippen LogP contribution in [0, 0.1) is 0 Å². The fourth-order valence-electron chi connectivity index (χ4n) is 2.68. The Labute approximate surface area is 142 Å². The summed E-state index contributed by atoms with van der Waals surface area (Å²) in [5, 5.41) is 0. The molecule has 1 saturated heterocycles. The highest BCUT2D eigenvalue weighted by atomic mass is 32.2. The Morgan fingerprint density at radius 2 is 2.30 bits per heavy atom. The highest BCUT2D eigenvalue weighted by Gasteiger charge is 2.31.